The fourth-order valence-corrected chi connectivity index (χ4v) is 2.66. The largest absolute Gasteiger partial charge is 0.380 e. The van der Waals surface area contributed by atoms with Gasteiger partial charge in [0, 0.05) is 5.92 Å². The summed E-state index contributed by atoms with van der Waals surface area (Å²) in [5.74, 6) is 1.85. The van der Waals surface area contributed by atoms with Crippen molar-refractivity contribution in [1.82, 2.24) is 5.16 Å². The molecule has 0 saturated carbocycles. The number of benzene rings is 1. The van der Waals surface area contributed by atoms with Gasteiger partial charge in [-0.2, -0.15) is 0 Å². The first kappa shape index (κ1) is 14.6. The van der Waals surface area contributed by atoms with E-state index in [0.717, 1.165) is 29.7 Å². The van der Waals surface area contributed by atoms with Crippen LogP contribution in [-0.2, 0) is 0 Å². The SMILES string of the molecule is CCCCC(CC)c1onc(N)c1-c1cccc(C)c1. The lowest BCUT2D eigenvalue weighted by Crippen LogP contribution is -1.99. The van der Waals surface area contributed by atoms with Crippen LogP contribution in [0, 0.1) is 6.92 Å². The second kappa shape index (κ2) is 6.60. The summed E-state index contributed by atoms with van der Waals surface area (Å²) in [5.41, 5.74) is 9.35. The summed E-state index contributed by atoms with van der Waals surface area (Å²) >= 11 is 0. The summed E-state index contributed by atoms with van der Waals surface area (Å²) in [6.07, 6.45) is 4.57. The van der Waals surface area contributed by atoms with Crippen LogP contribution in [0.25, 0.3) is 11.1 Å². The highest BCUT2D eigenvalue weighted by molar-refractivity contribution is 5.76. The molecule has 1 heterocycles. The minimum absolute atomic E-state index is 0.398. The molecular weight excluding hydrogens is 248 g/mol. The molecule has 0 aliphatic heterocycles. The van der Waals surface area contributed by atoms with Crippen LogP contribution < -0.4 is 5.73 Å². The van der Waals surface area contributed by atoms with Gasteiger partial charge in [-0.1, -0.05) is 61.7 Å². The van der Waals surface area contributed by atoms with Crippen molar-refractivity contribution in [3.8, 4) is 11.1 Å². The number of nitrogens with two attached hydrogens (primary N) is 1. The third kappa shape index (κ3) is 3.03. The Hall–Kier alpha value is -1.77. The maximum Gasteiger partial charge on any atom is 0.175 e. The molecule has 0 amide bonds. The van der Waals surface area contributed by atoms with Crippen LogP contribution >= 0.6 is 0 Å². The average molecular weight is 272 g/mol. The van der Waals surface area contributed by atoms with Gasteiger partial charge in [0.15, 0.2) is 5.82 Å². The summed E-state index contributed by atoms with van der Waals surface area (Å²) < 4.78 is 5.56. The quantitative estimate of drug-likeness (QED) is 0.812. The molecule has 0 fully saturated rings. The van der Waals surface area contributed by atoms with E-state index in [1.54, 1.807) is 0 Å². The number of hydrogen-bond donors (Lipinski definition) is 1. The van der Waals surface area contributed by atoms with Crippen molar-refractivity contribution in [2.24, 2.45) is 0 Å². The first-order valence-corrected chi connectivity index (χ1v) is 7.49. The molecule has 1 unspecified atom stereocenters. The van der Waals surface area contributed by atoms with Gasteiger partial charge < -0.3 is 10.3 Å². The summed E-state index contributed by atoms with van der Waals surface area (Å²) in [6, 6.07) is 8.35. The molecule has 0 aliphatic rings. The second-order valence-electron chi connectivity index (χ2n) is 5.42. The van der Waals surface area contributed by atoms with E-state index in [2.05, 4.69) is 44.1 Å². The van der Waals surface area contributed by atoms with Gasteiger partial charge in [-0.15, -0.1) is 0 Å². The van der Waals surface area contributed by atoms with Crippen molar-refractivity contribution in [3.05, 3.63) is 35.6 Å². The fraction of sp³-hybridized carbons (Fsp3) is 0.471. The Balaban J connectivity index is 2.40. The lowest BCUT2D eigenvalue weighted by molar-refractivity contribution is 0.349. The van der Waals surface area contributed by atoms with Crippen LogP contribution in [0.2, 0.25) is 0 Å². The zero-order valence-corrected chi connectivity index (χ0v) is 12.6. The van der Waals surface area contributed by atoms with Crippen molar-refractivity contribution in [1.29, 1.82) is 0 Å². The Labute approximate surface area is 121 Å². The van der Waals surface area contributed by atoms with Gasteiger partial charge in [-0.25, -0.2) is 0 Å². The van der Waals surface area contributed by atoms with Crippen LogP contribution in [0.15, 0.2) is 28.8 Å². The van der Waals surface area contributed by atoms with Gasteiger partial charge in [0.25, 0.3) is 0 Å². The Morgan fingerprint density at radius 3 is 2.75 bits per heavy atom. The van der Waals surface area contributed by atoms with Crippen molar-refractivity contribution < 1.29 is 4.52 Å². The van der Waals surface area contributed by atoms with E-state index in [-0.39, 0.29) is 0 Å². The van der Waals surface area contributed by atoms with Gasteiger partial charge in [-0.05, 0) is 25.3 Å². The maximum atomic E-state index is 6.04. The predicted octanol–water partition coefficient (Wildman–Crippen LogP) is 4.92. The summed E-state index contributed by atoms with van der Waals surface area (Å²) in [7, 11) is 0. The standard InChI is InChI=1S/C17H24N2O/c1-4-6-9-13(5-2)16-15(17(18)19-20-16)14-10-7-8-12(3)11-14/h7-8,10-11,13H,4-6,9H2,1-3H3,(H2,18,19). The molecule has 1 aromatic carbocycles. The molecule has 0 radical (unpaired) electrons. The fourth-order valence-electron chi connectivity index (χ4n) is 2.66. The molecule has 108 valence electrons. The monoisotopic (exact) mass is 272 g/mol. The molecular formula is C17H24N2O. The Kier molecular flexibility index (Phi) is 4.83. The molecule has 2 rings (SSSR count). The minimum Gasteiger partial charge on any atom is -0.380 e. The van der Waals surface area contributed by atoms with Crippen molar-refractivity contribution in [2.75, 3.05) is 5.73 Å². The topological polar surface area (TPSA) is 52.0 Å². The van der Waals surface area contributed by atoms with Gasteiger partial charge in [0.2, 0.25) is 0 Å². The van der Waals surface area contributed by atoms with Crippen molar-refractivity contribution in [2.45, 2.75) is 52.4 Å². The minimum atomic E-state index is 0.398. The molecule has 1 aromatic heterocycles. The number of nitrogen functional groups attached to an aromatic ring is 1. The van der Waals surface area contributed by atoms with Gasteiger partial charge in [0.1, 0.15) is 5.76 Å². The van der Waals surface area contributed by atoms with Crippen LogP contribution in [0.1, 0.15) is 56.8 Å². The summed E-state index contributed by atoms with van der Waals surface area (Å²) in [6.45, 7) is 6.49. The Morgan fingerprint density at radius 2 is 2.10 bits per heavy atom. The zero-order valence-electron chi connectivity index (χ0n) is 12.6. The number of unbranched alkanes of at least 4 members (excludes halogenated alkanes) is 1. The number of hydrogen-bond acceptors (Lipinski definition) is 3. The molecule has 2 aromatic rings. The third-order valence-electron chi connectivity index (χ3n) is 3.82. The lowest BCUT2D eigenvalue weighted by atomic mass is 9.91. The van der Waals surface area contributed by atoms with E-state index in [1.807, 2.05) is 6.07 Å². The van der Waals surface area contributed by atoms with E-state index in [0.29, 0.717) is 11.7 Å². The number of anilines is 1. The Morgan fingerprint density at radius 1 is 1.30 bits per heavy atom. The van der Waals surface area contributed by atoms with E-state index < -0.39 is 0 Å². The average Bonchev–Trinajstić information content (AvgIpc) is 2.82. The predicted molar refractivity (Wildman–Crippen MR) is 83.6 cm³/mol. The van der Waals surface area contributed by atoms with Crippen LogP contribution in [0.4, 0.5) is 5.82 Å². The zero-order chi connectivity index (χ0) is 14.5. The first-order valence-electron chi connectivity index (χ1n) is 7.49. The number of rotatable bonds is 6. The molecule has 0 spiro atoms. The van der Waals surface area contributed by atoms with Crippen LogP contribution in [0.3, 0.4) is 0 Å². The Bertz CT molecular complexity index is 560. The van der Waals surface area contributed by atoms with Crippen molar-refractivity contribution >= 4 is 5.82 Å². The second-order valence-corrected chi connectivity index (χ2v) is 5.42. The molecule has 0 aliphatic carbocycles. The van der Waals surface area contributed by atoms with Crippen LogP contribution in [0.5, 0.6) is 0 Å². The van der Waals surface area contributed by atoms with E-state index >= 15 is 0 Å². The summed E-state index contributed by atoms with van der Waals surface area (Å²) in [5, 5.41) is 4.00. The first-order chi connectivity index (χ1) is 9.67. The van der Waals surface area contributed by atoms with Gasteiger partial charge in [0.05, 0.1) is 5.56 Å². The molecule has 3 heteroatoms. The molecule has 0 bridgehead atoms. The molecule has 0 saturated heterocycles. The summed E-state index contributed by atoms with van der Waals surface area (Å²) in [4.78, 5) is 0. The van der Waals surface area contributed by atoms with Crippen LogP contribution in [-0.4, -0.2) is 5.16 Å². The smallest absolute Gasteiger partial charge is 0.175 e. The van der Waals surface area contributed by atoms with Crippen molar-refractivity contribution in [3.63, 3.8) is 0 Å². The molecule has 20 heavy (non-hydrogen) atoms. The number of aryl methyl sites for hydroxylation is 1. The van der Waals surface area contributed by atoms with E-state index in [1.165, 1.54) is 18.4 Å². The third-order valence-corrected chi connectivity index (χ3v) is 3.82. The highest BCUT2D eigenvalue weighted by Gasteiger charge is 2.22. The molecule has 1 atom stereocenters. The normalized spacial score (nSPS) is 12.6. The lowest BCUT2D eigenvalue weighted by Gasteiger charge is -2.13. The van der Waals surface area contributed by atoms with Gasteiger partial charge in [-0.3, -0.25) is 0 Å². The maximum absolute atomic E-state index is 6.04. The number of nitrogens with zero attached hydrogens (tertiary/aromatic N) is 1. The van der Waals surface area contributed by atoms with E-state index in [4.69, 9.17) is 10.3 Å². The highest BCUT2D eigenvalue weighted by atomic mass is 16.5. The molecule has 2 N–H and O–H groups in total. The molecule has 3 nitrogen and oxygen atoms in total. The number of aromatic nitrogens is 1. The van der Waals surface area contributed by atoms with E-state index in [9.17, 15) is 0 Å². The van der Waals surface area contributed by atoms with Gasteiger partial charge >= 0.3 is 0 Å². The highest BCUT2D eigenvalue weighted by Crippen LogP contribution is 2.37.